The number of para-hydroxylation sites is 1. The Labute approximate surface area is 107 Å². The van der Waals surface area contributed by atoms with Crippen molar-refractivity contribution < 1.29 is 4.74 Å². The minimum absolute atomic E-state index is 0.456. The van der Waals surface area contributed by atoms with Crippen LogP contribution in [0.15, 0.2) is 34.8 Å². The van der Waals surface area contributed by atoms with Gasteiger partial charge in [-0.3, -0.25) is 0 Å². The molecule has 16 heavy (non-hydrogen) atoms. The van der Waals surface area contributed by atoms with Gasteiger partial charge in [-0.25, -0.2) is 4.68 Å². The van der Waals surface area contributed by atoms with Gasteiger partial charge in [-0.15, -0.1) is 0 Å². The van der Waals surface area contributed by atoms with Gasteiger partial charge in [-0.1, -0.05) is 23.7 Å². The van der Waals surface area contributed by atoms with E-state index in [1.807, 2.05) is 24.3 Å². The van der Waals surface area contributed by atoms with E-state index in [1.54, 1.807) is 17.9 Å². The lowest BCUT2D eigenvalue weighted by atomic mass is 10.3. The molecule has 0 atom stereocenters. The molecule has 0 aliphatic rings. The van der Waals surface area contributed by atoms with E-state index >= 15 is 0 Å². The molecule has 2 aromatic rings. The second kappa shape index (κ2) is 4.99. The molecule has 0 unspecified atom stereocenters. The Morgan fingerprint density at radius 1 is 1.44 bits per heavy atom. The maximum atomic E-state index is 6.11. The largest absolute Gasteiger partial charge is 0.378 e. The Morgan fingerprint density at radius 2 is 2.19 bits per heavy atom. The topological polar surface area (TPSA) is 27.1 Å². The zero-order valence-electron chi connectivity index (χ0n) is 8.65. The molecule has 0 radical (unpaired) electrons. The number of hydrogen-bond donors (Lipinski definition) is 0. The van der Waals surface area contributed by atoms with Crippen LogP contribution in [0.4, 0.5) is 0 Å². The molecule has 0 amide bonds. The standard InChI is InChI=1S/C11H10BrClN2O/c1-16-7-8-6-11(13)15(14-8)10-5-3-2-4-9(10)12/h2-6H,7H2,1H3. The van der Waals surface area contributed by atoms with Crippen molar-refractivity contribution in [1.82, 2.24) is 9.78 Å². The summed E-state index contributed by atoms with van der Waals surface area (Å²) in [5, 5.41) is 4.93. The molecule has 2 rings (SSSR count). The van der Waals surface area contributed by atoms with Crippen LogP contribution < -0.4 is 0 Å². The summed E-state index contributed by atoms with van der Waals surface area (Å²) in [5.41, 5.74) is 1.72. The van der Waals surface area contributed by atoms with E-state index in [2.05, 4.69) is 21.0 Å². The molecular formula is C11H10BrClN2O. The highest BCUT2D eigenvalue weighted by Gasteiger charge is 2.09. The van der Waals surface area contributed by atoms with Gasteiger partial charge < -0.3 is 4.74 Å². The van der Waals surface area contributed by atoms with Crippen molar-refractivity contribution in [3.63, 3.8) is 0 Å². The van der Waals surface area contributed by atoms with Crippen LogP contribution in [0.3, 0.4) is 0 Å². The third kappa shape index (κ3) is 2.29. The Morgan fingerprint density at radius 3 is 2.88 bits per heavy atom. The van der Waals surface area contributed by atoms with Crippen molar-refractivity contribution in [2.45, 2.75) is 6.61 Å². The number of nitrogens with zero attached hydrogens (tertiary/aromatic N) is 2. The summed E-state index contributed by atoms with van der Waals surface area (Å²) in [7, 11) is 1.63. The van der Waals surface area contributed by atoms with E-state index in [4.69, 9.17) is 16.3 Å². The molecule has 0 spiro atoms. The van der Waals surface area contributed by atoms with Crippen LogP contribution in [-0.4, -0.2) is 16.9 Å². The summed E-state index contributed by atoms with van der Waals surface area (Å²) in [6.45, 7) is 0.456. The zero-order chi connectivity index (χ0) is 11.5. The van der Waals surface area contributed by atoms with E-state index in [-0.39, 0.29) is 0 Å². The first-order valence-corrected chi connectivity index (χ1v) is 5.87. The van der Waals surface area contributed by atoms with Crippen LogP contribution in [0.5, 0.6) is 0 Å². The average Bonchev–Trinajstić information content (AvgIpc) is 2.61. The molecule has 0 N–H and O–H groups in total. The minimum Gasteiger partial charge on any atom is -0.378 e. The van der Waals surface area contributed by atoms with Crippen molar-refractivity contribution >= 4 is 27.5 Å². The number of halogens is 2. The summed E-state index contributed by atoms with van der Waals surface area (Å²) in [4.78, 5) is 0. The van der Waals surface area contributed by atoms with Crippen LogP contribution in [0, 0.1) is 0 Å². The Kier molecular flexibility index (Phi) is 3.63. The van der Waals surface area contributed by atoms with Crippen molar-refractivity contribution in [2.24, 2.45) is 0 Å². The molecule has 1 heterocycles. The molecule has 0 saturated heterocycles. The Bertz CT molecular complexity index is 498. The predicted molar refractivity (Wildman–Crippen MR) is 67.0 cm³/mol. The van der Waals surface area contributed by atoms with E-state index in [1.165, 1.54) is 0 Å². The SMILES string of the molecule is COCc1cc(Cl)n(-c2ccccc2Br)n1. The maximum Gasteiger partial charge on any atom is 0.133 e. The third-order valence-corrected chi connectivity index (χ3v) is 3.03. The van der Waals surface area contributed by atoms with Crippen LogP contribution in [0.25, 0.3) is 5.69 Å². The molecule has 0 bridgehead atoms. The first-order chi connectivity index (χ1) is 7.72. The molecule has 0 fully saturated rings. The van der Waals surface area contributed by atoms with Gasteiger partial charge in [0.15, 0.2) is 0 Å². The highest BCUT2D eigenvalue weighted by molar-refractivity contribution is 9.10. The Hall–Kier alpha value is -0.840. The average molecular weight is 302 g/mol. The molecule has 1 aromatic heterocycles. The zero-order valence-corrected chi connectivity index (χ0v) is 11.0. The molecule has 0 saturated carbocycles. The quantitative estimate of drug-likeness (QED) is 0.868. The van der Waals surface area contributed by atoms with Crippen LogP contribution in [0.1, 0.15) is 5.69 Å². The van der Waals surface area contributed by atoms with Crippen molar-refractivity contribution in [3.05, 3.63) is 45.7 Å². The van der Waals surface area contributed by atoms with Gasteiger partial charge in [0, 0.05) is 17.6 Å². The number of hydrogen-bond acceptors (Lipinski definition) is 2. The van der Waals surface area contributed by atoms with E-state index in [0.717, 1.165) is 15.9 Å². The lowest BCUT2D eigenvalue weighted by Crippen LogP contribution is -1.98. The molecule has 1 aromatic carbocycles. The first-order valence-electron chi connectivity index (χ1n) is 4.70. The lowest BCUT2D eigenvalue weighted by molar-refractivity contribution is 0.181. The summed E-state index contributed by atoms with van der Waals surface area (Å²) in [6, 6.07) is 9.57. The highest BCUT2D eigenvalue weighted by Crippen LogP contribution is 2.24. The fourth-order valence-corrected chi connectivity index (χ4v) is 2.12. The van der Waals surface area contributed by atoms with Crippen molar-refractivity contribution in [2.75, 3.05) is 7.11 Å². The smallest absolute Gasteiger partial charge is 0.133 e. The molecule has 0 aliphatic carbocycles. The minimum atomic E-state index is 0.456. The molecule has 3 nitrogen and oxygen atoms in total. The second-order valence-corrected chi connectivity index (χ2v) is 4.50. The number of aromatic nitrogens is 2. The number of rotatable bonds is 3. The number of ether oxygens (including phenoxy) is 1. The second-order valence-electron chi connectivity index (χ2n) is 3.25. The molecule has 0 aliphatic heterocycles. The monoisotopic (exact) mass is 300 g/mol. The summed E-state index contributed by atoms with van der Waals surface area (Å²) < 4.78 is 7.64. The van der Waals surface area contributed by atoms with Crippen molar-refractivity contribution in [3.8, 4) is 5.69 Å². The van der Waals surface area contributed by atoms with Gasteiger partial charge in [0.05, 0.1) is 18.0 Å². The van der Waals surface area contributed by atoms with Gasteiger partial charge in [-0.05, 0) is 28.1 Å². The van der Waals surface area contributed by atoms with Crippen LogP contribution in [0.2, 0.25) is 5.15 Å². The summed E-state index contributed by atoms with van der Waals surface area (Å²) in [6.07, 6.45) is 0. The molecular weight excluding hydrogens is 291 g/mol. The maximum absolute atomic E-state index is 6.11. The third-order valence-electron chi connectivity index (χ3n) is 2.09. The normalized spacial score (nSPS) is 10.7. The predicted octanol–water partition coefficient (Wildman–Crippen LogP) is 3.43. The molecule has 5 heteroatoms. The number of benzene rings is 1. The highest BCUT2D eigenvalue weighted by atomic mass is 79.9. The van der Waals surface area contributed by atoms with Gasteiger partial charge in [0.25, 0.3) is 0 Å². The van der Waals surface area contributed by atoms with Gasteiger partial charge in [0.2, 0.25) is 0 Å². The van der Waals surface area contributed by atoms with E-state index in [0.29, 0.717) is 11.8 Å². The molecule has 84 valence electrons. The summed E-state index contributed by atoms with van der Waals surface area (Å²) >= 11 is 9.58. The van der Waals surface area contributed by atoms with E-state index < -0.39 is 0 Å². The fraction of sp³-hybridized carbons (Fsp3) is 0.182. The van der Waals surface area contributed by atoms with Crippen LogP contribution >= 0.6 is 27.5 Å². The van der Waals surface area contributed by atoms with Gasteiger partial charge in [0.1, 0.15) is 5.15 Å². The first kappa shape index (κ1) is 11.6. The van der Waals surface area contributed by atoms with E-state index in [9.17, 15) is 0 Å². The number of methoxy groups -OCH3 is 1. The van der Waals surface area contributed by atoms with Gasteiger partial charge >= 0.3 is 0 Å². The fourth-order valence-electron chi connectivity index (χ4n) is 1.41. The van der Waals surface area contributed by atoms with Gasteiger partial charge in [-0.2, -0.15) is 5.10 Å². The van der Waals surface area contributed by atoms with Crippen LogP contribution in [-0.2, 0) is 11.3 Å². The Balaban J connectivity index is 2.44. The van der Waals surface area contributed by atoms with Crippen molar-refractivity contribution in [1.29, 1.82) is 0 Å². The lowest BCUT2D eigenvalue weighted by Gasteiger charge is -2.04. The summed E-state index contributed by atoms with van der Waals surface area (Å²) in [5.74, 6) is 0.